The molecule has 110 valence electrons. The number of aromatic nitrogens is 1. The highest BCUT2D eigenvalue weighted by molar-refractivity contribution is 6.32. The summed E-state index contributed by atoms with van der Waals surface area (Å²) in [5.74, 6) is 0.346. The number of benzene rings is 2. The Labute approximate surface area is 132 Å². The van der Waals surface area contributed by atoms with Gasteiger partial charge in [-0.2, -0.15) is 0 Å². The molecule has 1 aromatic heterocycles. The molecule has 0 spiro atoms. The summed E-state index contributed by atoms with van der Waals surface area (Å²) in [5.41, 5.74) is 1.83. The van der Waals surface area contributed by atoms with E-state index < -0.39 is 0 Å². The van der Waals surface area contributed by atoms with Gasteiger partial charge < -0.3 is 4.74 Å². The first-order chi connectivity index (χ1) is 10.7. The fraction of sp³-hybridized carbons (Fsp3) is 0.0556. The zero-order valence-electron chi connectivity index (χ0n) is 11.9. The van der Waals surface area contributed by atoms with Crippen molar-refractivity contribution >= 4 is 34.7 Å². The van der Waals surface area contributed by atoms with Crippen LogP contribution in [0.1, 0.15) is 11.3 Å². The number of nitrogens with zero attached hydrogens (tertiary/aromatic N) is 1. The molecule has 0 aliphatic carbocycles. The summed E-state index contributed by atoms with van der Waals surface area (Å²) in [6.07, 6.45) is 3.36. The summed E-state index contributed by atoms with van der Waals surface area (Å²) in [4.78, 5) is 4.54. The van der Waals surface area contributed by atoms with Crippen molar-refractivity contribution in [1.82, 2.24) is 4.98 Å². The summed E-state index contributed by atoms with van der Waals surface area (Å²) >= 11 is 6.01. The first-order valence-electron chi connectivity index (χ1n) is 6.75. The Kier molecular flexibility index (Phi) is 4.07. The van der Waals surface area contributed by atoms with Crippen molar-refractivity contribution in [1.29, 1.82) is 0 Å². The molecular formula is C18H13ClFNO. The van der Waals surface area contributed by atoms with Crippen molar-refractivity contribution in [3.63, 3.8) is 0 Å². The van der Waals surface area contributed by atoms with Crippen molar-refractivity contribution < 1.29 is 9.13 Å². The Bertz CT molecular complexity index is 841. The molecule has 0 saturated heterocycles. The molecule has 2 aromatic carbocycles. The highest BCUT2D eigenvalue weighted by atomic mass is 35.5. The standard InChI is InChI=1S/C18H13ClFNO/c1-22-17-7-2-4-12-8-9-13(21-18(12)17)10-11-14-15(19)5-3-6-16(14)20/h2-11H,1H3/b11-10+. The van der Waals surface area contributed by atoms with Crippen LogP contribution in [0, 0.1) is 5.82 Å². The Balaban J connectivity index is 2.02. The van der Waals surface area contributed by atoms with E-state index >= 15 is 0 Å². The zero-order chi connectivity index (χ0) is 15.5. The molecule has 0 radical (unpaired) electrons. The van der Waals surface area contributed by atoms with E-state index in [1.807, 2.05) is 30.3 Å². The summed E-state index contributed by atoms with van der Waals surface area (Å²) in [5, 5.41) is 1.36. The number of hydrogen-bond acceptors (Lipinski definition) is 2. The molecule has 0 unspecified atom stereocenters. The zero-order valence-corrected chi connectivity index (χ0v) is 12.6. The van der Waals surface area contributed by atoms with Gasteiger partial charge in [0.1, 0.15) is 17.1 Å². The van der Waals surface area contributed by atoms with Crippen LogP contribution in [0.4, 0.5) is 4.39 Å². The van der Waals surface area contributed by atoms with Crippen LogP contribution in [0.5, 0.6) is 5.75 Å². The lowest BCUT2D eigenvalue weighted by Crippen LogP contribution is -1.89. The molecule has 0 atom stereocenters. The lowest BCUT2D eigenvalue weighted by molar-refractivity contribution is 0.419. The number of halogens is 2. The first kappa shape index (κ1) is 14.5. The number of hydrogen-bond donors (Lipinski definition) is 0. The molecule has 22 heavy (non-hydrogen) atoms. The highest BCUT2D eigenvalue weighted by Gasteiger charge is 2.05. The minimum Gasteiger partial charge on any atom is -0.494 e. The van der Waals surface area contributed by atoms with E-state index in [0.717, 1.165) is 10.9 Å². The van der Waals surface area contributed by atoms with Crippen LogP contribution in [-0.4, -0.2) is 12.1 Å². The van der Waals surface area contributed by atoms with Gasteiger partial charge in [-0.05, 0) is 36.4 Å². The molecule has 2 nitrogen and oxygen atoms in total. The van der Waals surface area contributed by atoms with Gasteiger partial charge in [-0.3, -0.25) is 0 Å². The molecule has 0 aliphatic heterocycles. The van der Waals surface area contributed by atoms with Gasteiger partial charge in [0.25, 0.3) is 0 Å². The summed E-state index contributed by atoms with van der Waals surface area (Å²) in [6.45, 7) is 0. The number of methoxy groups -OCH3 is 1. The third kappa shape index (κ3) is 2.81. The minimum absolute atomic E-state index is 0.353. The number of ether oxygens (including phenoxy) is 1. The second-order valence-electron chi connectivity index (χ2n) is 4.74. The molecule has 1 heterocycles. The van der Waals surface area contributed by atoms with Crippen LogP contribution < -0.4 is 4.74 Å². The predicted octanol–water partition coefficient (Wildman–Crippen LogP) is 5.21. The molecular weight excluding hydrogens is 301 g/mol. The van der Waals surface area contributed by atoms with E-state index in [1.54, 1.807) is 31.4 Å². The lowest BCUT2D eigenvalue weighted by Gasteiger charge is -2.05. The van der Waals surface area contributed by atoms with Crippen molar-refractivity contribution in [2.75, 3.05) is 7.11 Å². The van der Waals surface area contributed by atoms with Crippen LogP contribution in [-0.2, 0) is 0 Å². The van der Waals surface area contributed by atoms with Gasteiger partial charge in [-0.1, -0.05) is 35.9 Å². The van der Waals surface area contributed by atoms with Gasteiger partial charge >= 0.3 is 0 Å². The van der Waals surface area contributed by atoms with Gasteiger partial charge in [0.05, 0.1) is 17.8 Å². The lowest BCUT2D eigenvalue weighted by atomic mass is 10.1. The summed E-state index contributed by atoms with van der Waals surface area (Å²) < 4.78 is 19.1. The first-order valence-corrected chi connectivity index (χ1v) is 7.12. The van der Waals surface area contributed by atoms with Crippen LogP contribution in [0.3, 0.4) is 0 Å². The number of pyridine rings is 1. The molecule has 0 amide bonds. The van der Waals surface area contributed by atoms with E-state index in [-0.39, 0.29) is 5.82 Å². The number of fused-ring (bicyclic) bond motifs is 1. The normalized spacial score (nSPS) is 11.2. The van der Waals surface area contributed by atoms with Gasteiger partial charge in [0, 0.05) is 10.9 Å². The molecule has 0 fully saturated rings. The average molecular weight is 314 g/mol. The van der Waals surface area contributed by atoms with Crippen molar-refractivity contribution in [2.24, 2.45) is 0 Å². The van der Waals surface area contributed by atoms with Crippen LogP contribution in [0.25, 0.3) is 23.1 Å². The summed E-state index contributed by atoms with van der Waals surface area (Å²) in [7, 11) is 1.61. The molecule has 0 aliphatic rings. The average Bonchev–Trinajstić information content (AvgIpc) is 2.53. The van der Waals surface area contributed by atoms with E-state index in [2.05, 4.69) is 4.98 Å². The molecule has 3 rings (SSSR count). The van der Waals surface area contributed by atoms with Gasteiger partial charge in [-0.15, -0.1) is 0 Å². The van der Waals surface area contributed by atoms with Gasteiger partial charge in [-0.25, -0.2) is 9.37 Å². The largest absolute Gasteiger partial charge is 0.494 e. The van der Waals surface area contributed by atoms with Crippen LogP contribution >= 0.6 is 11.6 Å². The van der Waals surface area contributed by atoms with Gasteiger partial charge in [0.2, 0.25) is 0 Å². The SMILES string of the molecule is COc1cccc2ccc(/C=C/c3c(F)cccc3Cl)nc12. The fourth-order valence-electron chi connectivity index (χ4n) is 2.23. The quantitative estimate of drug-likeness (QED) is 0.662. The van der Waals surface area contributed by atoms with Crippen molar-refractivity contribution in [3.8, 4) is 5.75 Å². The maximum atomic E-state index is 13.7. The maximum absolute atomic E-state index is 13.7. The Morgan fingerprint density at radius 1 is 1.05 bits per heavy atom. The molecule has 4 heteroatoms. The van der Waals surface area contributed by atoms with E-state index in [4.69, 9.17) is 16.3 Å². The minimum atomic E-state index is -0.359. The molecule has 0 saturated carbocycles. The Hall–Kier alpha value is -2.39. The highest BCUT2D eigenvalue weighted by Crippen LogP contribution is 2.25. The van der Waals surface area contributed by atoms with Crippen LogP contribution in [0.15, 0.2) is 48.5 Å². The second kappa shape index (κ2) is 6.16. The molecule has 3 aromatic rings. The third-order valence-electron chi connectivity index (χ3n) is 3.35. The smallest absolute Gasteiger partial charge is 0.145 e. The Morgan fingerprint density at radius 2 is 1.86 bits per heavy atom. The van der Waals surface area contributed by atoms with Crippen molar-refractivity contribution in [3.05, 3.63) is 70.6 Å². The van der Waals surface area contributed by atoms with Gasteiger partial charge in [0.15, 0.2) is 0 Å². The van der Waals surface area contributed by atoms with E-state index in [9.17, 15) is 4.39 Å². The van der Waals surface area contributed by atoms with Crippen molar-refractivity contribution in [2.45, 2.75) is 0 Å². The second-order valence-corrected chi connectivity index (χ2v) is 5.14. The molecule has 0 bridgehead atoms. The number of para-hydroxylation sites is 1. The Morgan fingerprint density at radius 3 is 2.64 bits per heavy atom. The third-order valence-corrected chi connectivity index (χ3v) is 3.67. The topological polar surface area (TPSA) is 22.1 Å². The fourth-order valence-corrected chi connectivity index (χ4v) is 2.46. The molecule has 0 N–H and O–H groups in total. The maximum Gasteiger partial charge on any atom is 0.145 e. The monoisotopic (exact) mass is 313 g/mol. The van der Waals surface area contributed by atoms with E-state index in [1.165, 1.54) is 6.07 Å². The predicted molar refractivity (Wildman–Crippen MR) is 88.6 cm³/mol. The number of rotatable bonds is 3. The van der Waals surface area contributed by atoms with E-state index in [0.29, 0.717) is 22.0 Å². The van der Waals surface area contributed by atoms with Crippen LogP contribution in [0.2, 0.25) is 5.02 Å². The summed E-state index contributed by atoms with van der Waals surface area (Å²) in [6, 6.07) is 14.2.